The quantitative estimate of drug-likeness (QED) is 0.0956. The maximum absolute atomic E-state index is 13.9. The summed E-state index contributed by atoms with van der Waals surface area (Å²) >= 11 is 0. The third-order valence-electron chi connectivity index (χ3n) is 10.3. The lowest BCUT2D eigenvalue weighted by atomic mass is 9.98. The fraction of sp³-hybridized carbons (Fsp3) is 0.273. The Kier molecular flexibility index (Phi) is 12.1. The number of carbonyl (C=O) groups excluding carboxylic acids is 4. The number of ether oxygens (including phenoxy) is 2. The first-order chi connectivity index (χ1) is 28.2. The smallest absolute Gasteiger partial charge is 0.407 e. The monoisotopic (exact) mass is 782 g/mol. The summed E-state index contributed by atoms with van der Waals surface area (Å²) < 4.78 is 9.40. The van der Waals surface area contributed by atoms with Gasteiger partial charge in [0.1, 0.15) is 24.2 Å². The van der Waals surface area contributed by atoms with E-state index in [1.165, 1.54) is 14.2 Å². The SMILES string of the molecule is CCCN(Cc1ncc(-c2ccc3cc(-c4ccc(-c5cnc([C@@H]6CCCN6C(=O)[C@H](NC(=O)OC)c6ccccc6)[nH]5)cc4)ccc3c2)[nH]1)C(=O)CNC(=O)OC. The number of imidazole rings is 2. The maximum atomic E-state index is 13.9. The Morgan fingerprint density at radius 2 is 1.47 bits per heavy atom. The number of H-pyrrole nitrogens is 2. The molecule has 1 fully saturated rings. The minimum atomic E-state index is -0.879. The van der Waals surface area contributed by atoms with Crippen molar-refractivity contribution in [3.63, 3.8) is 0 Å². The summed E-state index contributed by atoms with van der Waals surface area (Å²) in [5.74, 6) is 0.922. The Balaban J connectivity index is 1.01. The molecule has 1 aliphatic heterocycles. The van der Waals surface area contributed by atoms with Gasteiger partial charge in [0, 0.05) is 18.7 Å². The van der Waals surface area contributed by atoms with Gasteiger partial charge >= 0.3 is 12.2 Å². The summed E-state index contributed by atoms with van der Waals surface area (Å²) in [6.07, 6.45) is 4.59. The highest BCUT2D eigenvalue weighted by Crippen LogP contribution is 2.35. The number of aromatic amines is 2. The van der Waals surface area contributed by atoms with Gasteiger partial charge in [-0.2, -0.15) is 0 Å². The molecule has 58 heavy (non-hydrogen) atoms. The molecule has 7 rings (SSSR count). The highest BCUT2D eigenvalue weighted by Gasteiger charge is 2.37. The summed E-state index contributed by atoms with van der Waals surface area (Å²) in [4.78, 5) is 69.8. The minimum Gasteiger partial charge on any atom is -0.453 e. The van der Waals surface area contributed by atoms with Gasteiger partial charge in [-0.3, -0.25) is 9.59 Å². The number of hydrogen-bond donors (Lipinski definition) is 4. The zero-order valence-corrected chi connectivity index (χ0v) is 32.7. The van der Waals surface area contributed by atoms with Crippen LogP contribution in [0.2, 0.25) is 0 Å². The van der Waals surface area contributed by atoms with E-state index in [0.717, 1.165) is 63.7 Å². The highest BCUT2D eigenvalue weighted by molar-refractivity contribution is 5.91. The van der Waals surface area contributed by atoms with Crippen LogP contribution in [0, 0.1) is 0 Å². The maximum Gasteiger partial charge on any atom is 0.407 e. The van der Waals surface area contributed by atoms with Crippen LogP contribution in [0.5, 0.6) is 0 Å². The Hall–Kier alpha value is -6.96. The van der Waals surface area contributed by atoms with Crippen molar-refractivity contribution in [3.8, 4) is 33.6 Å². The summed E-state index contributed by atoms with van der Waals surface area (Å²) in [7, 11) is 2.54. The molecule has 14 nitrogen and oxygen atoms in total. The van der Waals surface area contributed by atoms with E-state index in [2.05, 4.69) is 84.9 Å². The largest absolute Gasteiger partial charge is 0.453 e. The number of nitrogens with zero attached hydrogens (tertiary/aromatic N) is 4. The summed E-state index contributed by atoms with van der Waals surface area (Å²) in [5.41, 5.74) is 6.46. The molecule has 298 valence electrons. The number of amides is 4. The predicted molar refractivity (Wildman–Crippen MR) is 219 cm³/mol. The summed E-state index contributed by atoms with van der Waals surface area (Å²) in [6.45, 7) is 3.21. The van der Waals surface area contributed by atoms with E-state index in [4.69, 9.17) is 9.72 Å². The molecule has 1 aliphatic rings. The first-order valence-corrected chi connectivity index (χ1v) is 19.3. The lowest BCUT2D eigenvalue weighted by Crippen LogP contribution is -2.42. The second kappa shape index (κ2) is 17.9. The van der Waals surface area contributed by atoms with Crippen LogP contribution in [-0.4, -0.2) is 87.6 Å². The van der Waals surface area contributed by atoms with Crippen molar-refractivity contribution >= 4 is 34.8 Å². The van der Waals surface area contributed by atoms with Crippen molar-refractivity contribution in [1.82, 2.24) is 40.4 Å². The van der Waals surface area contributed by atoms with Gasteiger partial charge in [-0.25, -0.2) is 19.6 Å². The molecule has 0 spiro atoms. The van der Waals surface area contributed by atoms with Gasteiger partial charge in [0.25, 0.3) is 5.91 Å². The average Bonchev–Trinajstić information content (AvgIpc) is 4.06. The molecule has 0 bridgehead atoms. The predicted octanol–water partition coefficient (Wildman–Crippen LogP) is 7.14. The minimum absolute atomic E-state index is 0.150. The van der Waals surface area contributed by atoms with Crippen molar-refractivity contribution < 1.29 is 28.7 Å². The molecule has 0 saturated carbocycles. The summed E-state index contributed by atoms with van der Waals surface area (Å²) in [6, 6.07) is 29.0. The molecular formula is C44H46N8O6. The van der Waals surface area contributed by atoms with Crippen molar-refractivity contribution in [2.24, 2.45) is 0 Å². The van der Waals surface area contributed by atoms with Gasteiger partial charge in [-0.1, -0.05) is 85.8 Å². The standard InChI is InChI=1S/C44H46N8O6/c1-4-20-51(39(53)26-47-43(55)57-2)27-38-45-24-36(48-38)34-19-18-32-22-31(16-17-33(32)23-34)28-12-14-29(15-13-28)35-25-46-41(49-35)37-11-8-21-52(37)42(54)40(50-44(56)58-3)30-9-6-5-7-10-30/h5-7,9-10,12-19,22-25,37,40H,4,8,11,20-21,26-27H2,1-3H3,(H,45,48)(H,46,49)(H,47,55)(H,50,56)/t37-,40+/m0/s1. The van der Waals surface area contributed by atoms with Crippen LogP contribution < -0.4 is 10.6 Å². The Morgan fingerprint density at radius 3 is 2.19 bits per heavy atom. The average molecular weight is 783 g/mol. The van der Waals surface area contributed by atoms with Crippen molar-refractivity contribution in [2.45, 2.75) is 44.8 Å². The van der Waals surface area contributed by atoms with Crippen LogP contribution in [0.25, 0.3) is 44.4 Å². The van der Waals surface area contributed by atoms with E-state index >= 15 is 0 Å². The molecule has 1 saturated heterocycles. The third kappa shape index (κ3) is 8.86. The fourth-order valence-corrected chi connectivity index (χ4v) is 7.34. The van der Waals surface area contributed by atoms with Crippen LogP contribution >= 0.6 is 0 Å². The number of rotatable bonds is 13. The van der Waals surface area contributed by atoms with Gasteiger partial charge in [0.2, 0.25) is 5.91 Å². The summed E-state index contributed by atoms with van der Waals surface area (Å²) in [5, 5.41) is 7.32. The first-order valence-electron chi connectivity index (χ1n) is 19.3. The second-order valence-electron chi connectivity index (χ2n) is 14.1. The second-order valence-corrected chi connectivity index (χ2v) is 14.1. The molecule has 0 aliphatic carbocycles. The van der Waals surface area contributed by atoms with Crippen molar-refractivity contribution in [2.75, 3.05) is 33.9 Å². The molecule has 0 radical (unpaired) electrons. The Morgan fingerprint density at radius 1 is 0.810 bits per heavy atom. The molecule has 3 heterocycles. The number of benzene rings is 4. The number of nitrogens with one attached hydrogen (secondary N) is 4. The lowest BCUT2D eigenvalue weighted by molar-refractivity contribution is -0.134. The molecule has 2 atom stereocenters. The molecule has 0 unspecified atom stereocenters. The lowest BCUT2D eigenvalue weighted by Gasteiger charge is -2.28. The van der Waals surface area contributed by atoms with E-state index < -0.39 is 18.2 Å². The van der Waals surface area contributed by atoms with Gasteiger partial charge in [-0.15, -0.1) is 0 Å². The van der Waals surface area contributed by atoms with Crippen molar-refractivity contribution in [3.05, 3.63) is 121 Å². The molecule has 4 amide bonds. The highest BCUT2D eigenvalue weighted by atomic mass is 16.5. The molecule has 4 aromatic carbocycles. The van der Waals surface area contributed by atoms with Crippen LogP contribution in [-0.2, 0) is 25.6 Å². The Labute approximate surface area is 336 Å². The van der Waals surface area contributed by atoms with E-state index in [9.17, 15) is 19.2 Å². The number of likely N-dealkylation sites (tertiary alicyclic amines) is 1. The van der Waals surface area contributed by atoms with Gasteiger partial charge < -0.3 is 39.9 Å². The first kappa shape index (κ1) is 39.3. The van der Waals surface area contributed by atoms with E-state index in [-0.39, 0.29) is 24.4 Å². The number of methoxy groups -OCH3 is 2. The van der Waals surface area contributed by atoms with Crippen LogP contribution in [0.3, 0.4) is 0 Å². The van der Waals surface area contributed by atoms with E-state index in [1.54, 1.807) is 22.2 Å². The molecule has 2 aromatic heterocycles. The number of alkyl carbamates (subject to hydrolysis) is 2. The normalized spacial score (nSPS) is 14.2. The number of fused-ring (bicyclic) bond motifs is 1. The number of hydrogen-bond acceptors (Lipinski definition) is 8. The van der Waals surface area contributed by atoms with Crippen molar-refractivity contribution in [1.29, 1.82) is 0 Å². The molecular weight excluding hydrogens is 737 g/mol. The molecule has 6 aromatic rings. The van der Waals surface area contributed by atoms with Gasteiger partial charge in [0.15, 0.2) is 0 Å². The number of carbonyl (C=O) groups is 4. The van der Waals surface area contributed by atoms with Crippen LogP contribution in [0.15, 0.2) is 103 Å². The third-order valence-corrected chi connectivity index (χ3v) is 10.3. The van der Waals surface area contributed by atoms with Gasteiger partial charge in [0.05, 0.1) is 50.6 Å². The molecule has 4 N–H and O–H groups in total. The van der Waals surface area contributed by atoms with Crippen LogP contribution in [0.4, 0.5) is 9.59 Å². The van der Waals surface area contributed by atoms with E-state index in [0.29, 0.717) is 36.8 Å². The molecule has 14 heteroatoms. The zero-order valence-electron chi connectivity index (χ0n) is 32.7. The zero-order chi connectivity index (χ0) is 40.6. The topological polar surface area (TPSA) is 175 Å². The van der Waals surface area contributed by atoms with E-state index in [1.807, 2.05) is 43.3 Å². The fourth-order valence-electron chi connectivity index (χ4n) is 7.34. The van der Waals surface area contributed by atoms with Crippen LogP contribution in [0.1, 0.15) is 55.5 Å². The number of aromatic nitrogens is 4. The van der Waals surface area contributed by atoms with Gasteiger partial charge in [-0.05, 0) is 64.4 Å². The Bertz CT molecular complexity index is 2390.